The minimum absolute atomic E-state index is 0. The molecule has 0 heterocycles. The summed E-state index contributed by atoms with van der Waals surface area (Å²) in [4.78, 5) is 52.4. The molecule has 3 atom stereocenters. The Hall–Kier alpha value is -1.65. The first kappa shape index (κ1) is 51.1. The highest BCUT2D eigenvalue weighted by atomic mass is 16.1. The van der Waals surface area contributed by atoms with Crippen molar-refractivity contribution in [1.82, 2.24) is 0 Å². The van der Waals surface area contributed by atoms with Gasteiger partial charge < -0.3 is 9.59 Å². The second-order valence-electron chi connectivity index (χ2n) is 12.9. The topological polar surface area (TPSA) is 85.3 Å². The second kappa shape index (κ2) is 30.3. The molecule has 0 bridgehead atoms. The van der Waals surface area contributed by atoms with Crippen LogP contribution in [0.25, 0.3) is 0 Å². The monoisotopic (exact) mass is 573 g/mol. The average Bonchev–Trinajstić information content (AvgIpc) is 2.76. The zero-order chi connectivity index (χ0) is 32.6. The summed E-state index contributed by atoms with van der Waals surface area (Å²) >= 11 is 0. The molecule has 0 N–H and O–H groups in total. The molecule has 0 spiro atoms. The van der Waals surface area contributed by atoms with Crippen LogP contribution in [0.3, 0.4) is 0 Å². The highest BCUT2D eigenvalue weighted by molar-refractivity contribution is 5.78. The zero-order valence-corrected chi connectivity index (χ0v) is 29.3. The molecular formula is C35H72O5. The van der Waals surface area contributed by atoms with Gasteiger partial charge in [-0.05, 0) is 70.6 Å². The summed E-state index contributed by atoms with van der Waals surface area (Å²) in [5.41, 5.74) is 0. The number of hydrogen-bond acceptors (Lipinski definition) is 5. The van der Waals surface area contributed by atoms with Crippen LogP contribution in [-0.2, 0) is 24.0 Å². The smallest absolute Gasteiger partial charge is 0.132 e. The molecule has 0 amide bonds. The van der Waals surface area contributed by atoms with E-state index in [0.717, 1.165) is 19.3 Å². The molecule has 5 nitrogen and oxygen atoms in total. The number of carbonyl (C=O) groups is 5. The molecule has 0 rings (SSSR count). The van der Waals surface area contributed by atoms with Crippen LogP contribution in [0.2, 0.25) is 0 Å². The van der Waals surface area contributed by atoms with Crippen molar-refractivity contribution in [3.63, 3.8) is 0 Å². The third kappa shape index (κ3) is 46.2. The summed E-state index contributed by atoms with van der Waals surface area (Å²) in [7, 11) is 0. The fraction of sp³-hybridized carbons (Fsp3) is 0.857. The molecule has 242 valence electrons. The third-order valence-corrected chi connectivity index (χ3v) is 6.69. The van der Waals surface area contributed by atoms with Crippen LogP contribution in [-0.4, -0.2) is 28.9 Å². The molecular weight excluding hydrogens is 500 g/mol. The van der Waals surface area contributed by atoms with Gasteiger partial charge in [-0.2, -0.15) is 0 Å². The van der Waals surface area contributed by atoms with Gasteiger partial charge in [-0.15, -0.1) is 0 Å². The highest BCUT2D eigenvalue weighted by Gasteiger charge is 2.11. The molecule has 0 aromatic heterocycles. The first-order chi connectivity index (χ1) is 17.4. The Morgan fingerprint density at radius 3 is 0.700 bits per heavy atom. The van der Waals surface area contributed by atoms with Crippen molar-refractivity contribution in [2.75, 3.05) is 0 Å². The summed E-state index contributed by atoms with van der Waals surface area (Å²) in [5, 5.41) is 0. The summed E-state index contributed by atoms with van der Waals surface area (Å²) in [6.45, 7) is 34.8. The maximum absolute atomic E-state index is 10.6. The van der Waals surface area contributed by atoms with E-state index in [4.69, 9.17) is 0 Å². The van der Waals surface area contributed by atoms with Crippen LogP contribution in [0.5, 0.6) is 0 Å². The van der Waals surface area contributed by atoms with Gasteiger partial charge in [0.05, 0.1) is 0 Å². The van der Waals surface area contributed by atoms with Crippen LogP contribution in [0.1, 0.15) is 151 Å². The van der Waals surface area contributed by atoms with Gasteiger partial charge in [0.1, 0.15) is 28.9 Å². The Bertz CT molecular complexity index is 600. The number of carbonyl (C=O) groups excluding carboxylic acids is 5. The molecule has 0 aromatic rings. The van der Waals surface area contributed by atoms with Crippen molar-refractivity contribution in [2.24, 2.45) is 47.3 Å². The van der Waals surface area contributed by atoms with Crippen LogP contribution < -0.4 is 0 Å². The lowest BCUT2D eigenvalue weighted by molar-refractivity contribution is -0.122. The Kier molecular flexibility index (Phi) is 38.7. The van der Waals surface area contributed by atoms with E-state index in [-0.39, 0.29) is 31.0 Å². The van der Waals surface area contributed by atoms with Crippen molar-refractivity contribution in [1.29, 1.82) is 0 Å². The second-order valence-corrected chi connectivity index (χ2v) is 12.9. The minimum Gasteiger partial charge on any atom is -0.300 e. The number of hydrogen-bond donors (Lipinski definition) is 0. The molecule has 0 saturated heterocycles. The van der Waals surface area contributed by atoms with Crippen LogP contribution in [0.15, 0.2) is 0 Å². The average molecular weight is 573 g/mol. The lowest BCUT2D eigenvalue weighted by Gasteiger charge is -2.09. The maximum atomic E-state index is 10.6. The predicted molar refractivity (Wildman–Crippen MR) is 176 cm³/mol. The molecule has 0 aliphatic heterocycles. The molecule has 0 fully saturated rings. The number of rotatable bonds is 11. The van der Waals surface area contributed by atoms with Gasteiger partial charge in [0.15, 0.2) is 0 Å². The van der Waals surface area contributed by atoms with Gasteiger partial charge in [0, 0.05) is 30.6 Å². The van der Waals surface area contributed by atoms with Gasteiger partial charge >= 0.3 is 0 Å². The van der Waals surface area contributed by atoms with E-state index in [1.807, 2.05) is 34.6 Å². The summed E-state index contributed by atoms with van der Waals surface area (Å²) in [5.74, 6) is 4.83. The molecule has 1 unspecified atom stereocenters. The van der Waals surface area contributed by atoms with Gasteiger partial charge in [-0.25, -0.2) is 0 Å². The van der Waals surface area contributed by atoms with E-state index < -0.39 is 0 Å². The van der Waals surface area contributed by atoms with E-state index >= 15 is 0 Å². The largest absolute Gasteiger partial charge is 0.300 e. The first-order valence-corrected chi connectivity index (χ1v) is 14.9. The van der Waals surface area contributed by atoms with Crippen LogP contribution >= 0.6 is 0 Å². The molecule has 0 aromatic carbocycles. The summed E-state index contributed by atoms with van der Waals surface area (Å²) in [6, 6.07) is 0. The van der Waals surface area contributed by atoms with Crippen molar-refractivity contribution in [3.8, 4) is 0 Å². The quantitative estimate of drug-likeness (QED) is 0.246. The number of ketones is 5. The Morgan fingerprint density at radius 1 is 0.425 bits per heavy atom. The van der Waals surface area contributed by atoms with Crippen LogP contribution in [0, 0.1) is 47.3 Å². The fourth-order valence-corrected chi connectivity index (χ4v) is 2.48. The van der Waals surface area contributed by atoms with Crippen molar-refractivity contribution >= 4 is 28.9 Å². The Balaban J connectivity index is -0.0000000898. The van der Waals surface area contributed by atoms with Gasteiger partial charge in [-0.3, -0.25) is 14.4 Å². The maximum Gasteiger partial charge on any atom is 0.132 e. The molecule has 0 aliphatic rings. The SMILES string of the molecule is C.CC(=O)C(C)C(C)C.CC(=O)CC(C)C.CC(=O)CCC(C)C.CC(=O)[C@@H](C)C(C)C.CC(=O)[C@H](C)C(C)C. The van der Waals surface area contributed by atoms with Gasteiger partial charge in [0.25, 0.3) is 0 Å². The molecule has 0 aliphatic carbocycles. The lowest BCUT2D eigenvalue weighted by atomic mass is 9.95. The van der Waals surface area contributed by atoms with E-state index in [2.05, 4.69) is 55.4 Å². The minimum atomic E-state index is 0. The Labute approximate surface area is 251 Å². The first-order valence-electron chi connectivity index (χ1n) is 14.9. The fourth-order valence-electron chi connectivity index (χ4n) is 2.48. The van der Waals surface area contributed by atoms with E-state index in [1.165, 1.54) is 0 Å². The molecule has 0 radical (unpaired) electrons. The Morgan fingerprint density at radius 2 is 0.675 bits per heavy atom. The van der Waals surface area contributed by atoms with Crippen molar-refractivity contribution in [3.05, 3.63) is 0 Å². The van der Waals surface area contributed by atoms with Crippen molar-refractivity contribution < 1.29 is 24.0 Å². The summed E-state index contributed by atoms with van der Waals surface area (Å²) in [6.07, 6.45) is 2.51. The normalized spacial score (nSPS) is 12.2. The van der Waals surface area contributed by atoms with Gasteiger partial charge in [0.2, 0.25) is 0 Å². The molecule has 5 heteroatoms. The standard InChI is InChI=1S/4C7H14O.C6H12O.CH4/c1-6(2)4-5-7(3)8;3*1-5(2)6(3)7(4)8;1-5(2)4-6(3)7;/h6H,4-5H2,1-3H3;3*5-6H,1-4H3;5H,4H2,1-3H3;1H4/t;2*6-;;;/m.10.../s1. The van der Waals surface area contributed by atoms with Crippen molar-refractivity contribution in [2.45, 2.75) is 151 Å². The summed E-state index contributed by atoms with van der Waals surface area (Å²) < 4.78 is 0. The molecule has 0 saturated carbocycles. The number of Topliss-reactive ketones (excluding diaryl/α,β-unsaturated/α-hetero) is 5. The van der Waals surface area contributed by atoms with E-state index in [0.29, 0.717) is 52.7 Å². The highest BCUT2D eigenvalue weighted by Crippen LogP contribution is 2.10. The van der Waals surface area contributed by atoms with Crippen LogP contribution in [0.4, 0.5) is 0 Å². The van der Waals surface area contributed by atoms with E-state index in [9.17, 15) is 24.0 Å². The zero-order valence-electron chi connectivity index (χ0n) is 29.3. The third-order valence-electron chi connectivity index (χ3n) is 6.69. The lowest BCUT2D eigenvalue weighted by Crippen LogP contribution is -2.12. The molecule has 40 heavy (non-hydrogen) atoms. The van der Waals surface area contributed by atoms with Gasteiger partial charge in [-0.1, -0.05) is 97.4 Å². The predicted octanol–water partition coefficient (Wildman–Crippen LogP) is 9.87. The van der Waals surface area contributed by atoms with E-state index in [1.54, 1.807) is 34.6 Å².